The molecule has 1 heterocycles. The zero-order chi connectivity index (χ0) is 28.3. The van der Waals surface area contributed by atoms with Crippen molar-refractivity contribution in [3.8, 4) is 33.4 Å². The van der Waals surface area contributed by atoms with Crippen LogP contribution < -0.4 is 0 Å². The zero-order valence-corrected chi connectivity index (χ0v) is 24.2. The van der Waals surface area contributed by atoms with Gasteiger partial charge in [-0.05, 0) is 83.9 Å². The lowest BCUT2D eigenvalue weighted by atomic mass is 9.93. The molecule has 0 saturated heterocycles. The van der Waals surface area contributed by atoms with Crippen LogP contribution in [-0.2, 0) is 0 Å². The van der Waals surface area contributed by atoms with Crippen molar-refractivity contribution in [3.05, 3.63) is 158 Å². The fourth-order valence-corrected chi connectivity index (χ4v) is 7.93. The van der Waals surface area contributed by atoms with E-state index in [0.29, 0.717) is 0 Å². The SMILES string of the molecule is c1cc(-c2ccc(-c3cccc4c3sc3ccccc34)cc2)cc(-c2ccc3ccc4c5ccccc5ccc4c3c2)c1. The van der Waals surface area contributed by atoms with Gasteiger partial charge >= 0.3 is 0 Å². The van der Waals surface area contributed by atoms with E-state index in [1.165, 1.54) is 85.9 Å². The molecule has 200 valence electrons. The summed E-state index contributed by atoms with van der Waals surface area (Å²) in [5.41, 5.74) is 7.49. The first-order chi connectivity index (χ1) is 21.3. The molecule has 0 amide bonds. The molecule has 0 aliphatic rings. The molecule has 0 fully saturated rings. The monoisotopic (exact) mass is 562 g/mol. The molecule has 0 unspecified atom stereocenters. The largest absolute Gasteiger partial charge is 0.135 e. The van der Waals surface area contributed by atoms with Gasteiger partial charge in [-0.3, -0.25) is 0 Å². The Kier molecular flexibility index (Phi) is 5.47. The van der Waals surface area contributed by atoms with E-state index in [1.807, 2.05) is 11.3 Å². The van der Waals surface area contributed by atoms with Crippen LogP contribution in [0, 0.1) is 0 Å². The summed E-state index contributed by atoms with van der Waals surface area (Å²) in [6.45, 7) is 0. The highest BCUT2D eigenvalue weighted by Crippen LogP contribution is 2.40. The topological polar surface area (TPSA) is 0 Å². The van der Waals surface area contributed by atoms with E-state index >= 15 is 0 Å². The van der Waals surface area contributed by atoms with Gasteiger partial charge in [-0.15, -0.1) is 11.3 Å². The van der Waals surface area contributed by atoms with E-state index in [2.05, 4.69) is 158 Å². The van der Waals surface area contributed by atoms with Gasteiger partial charge in [0.1, 0.15) is 0 Å². The number of thiophene rings is 1. The van der Waals surface area contributed by atoms with Gasteiger partial charge in [0.05, 0.1) is 0 Å². The van der Waals surface area contributed by atoms with Gasteiger partial charge in [-0.2, -0.15) is 0 Å². The molecule has 1 aromatic heterocycles. The molecule has 0 atom stereocenters. The van der Waals surface area contributed by atoms with E-state index in [9.17, 15) is 0 Å². The second-order valence-corrected chi connectivity index (χ2v) is 12.4. The van der Waals surface area contributed by atoms with Crippen LogP contribution in [0.3, 0.4) is 0 Å². The number of benzene rings is 8. The van der Waals surface area contributed by atoms with Crippen LogP contribution in [0.25, 0.3) is 85.9 Å². The van der Waals surface area contributed by atoms with Crippen molar-refractivity contribution in [3.63, 3.8) is 0 Å². The third kappa shape index (κ3) is 3.97. The maximum absolute atomic E-state index is 2.36. The van der Waals surface area contributed by atoms with Crippen LogP contribution in [0.1, 0.15) is 0 Å². The average molecular weight is 563 g/mol. The number of rotatable bonds is 3. The lowest BCUT2D eigenvalue weighted by Crippen LogP contribution is -1.85. The fourth-order valence-electron chi connectivity index (χ4n) is 6.69. The summed E-state index contributed by atoms with van der Waals surface area (Å²) in [4.78, 5) is 0. The Morgan fingerprint density at radius 1 is 0.302 bits per heavy atom. The van der Waals surface area contributed by atoms with Crippen molar-refractivity contribution in [2.24, 2.45) is 0 Å². The van der Waals surface area contributed by atoms with Crippen molar-refractivity contribution in [2.45, 2.75) is 0 Å². The molecule has 0 nitrogen and oxygen atoms in total. The summed E-state index contributed by atoms with van der Waals surface area (Å²) in [5, 5.41) is 10.4. The van der Waals surface area contributed by atoms with Crippen molar-refractivity contribution in [2.75, 3.05) is 0 Å². The van der Waals surface area contributed by atoms with E-state index in [4.69, 9.17) is 0 Å². The van der Waals surface area contributed by atoms with Gasteiger partial charge in [-0.25, -0.2) is 0 Å². The minimum absolute atomic E-state index is 1.23. The van der Waals surface area contributed by atoms with Gasteiger partial charge in [0, 0.05) is 20.2 Å². The van der Waals surface area contributed by atoms with E-state index in [1.54, 1.807) is 0 Å². The Hall–Kier alpha value is -5.24. The van der Waals surface area contributed by atoms with Crippen LogP contribution in [0.4, 0.5) is 0 Å². The predicted octanol–water partition coefficient (Wildman–Crippen LogP) is 12.5. The van der Waals surface area contributed by atoms with Gasteiger partial charge in [0.2, 0.25) is 0 Å². The third-order valence-electron chi connectivity index (χ3n) is 8.87. The summed E-state index contributed by atoms with van der Waals surface area (Å²) >= 11 is 1.88. The number of hydrogen-bond acceptors (Lipinski definition) is 1. The van der Waals surface area contributed by atoms with Crippen LogP contribution in [-0.4, -0.2) is 0 Å². The normalized spacial score (nSPS) is 11.7. The summed E-state index contributed by atoms with van der Waals surface area (Å²) in [6.07, 6.45) is 0. The second kappa shape index (κ2) is 9.66. The molecule has 0 radical (unpaired) electrons. The minimum Gasteiger partial charge on any atom is -0.135 e. The molecule has 1 heteroatoms. The summed E-state index contributed by atoms with van der Waals surface area (Å²) in [7, 11) is 0. The maximum atomic E-state index is 2.36. The molecule has 43 heavy (non-hydrogen) atoms. The maximum Gasteiger partial charge on any atom is 0.0433 e. The lowest BCUT2D eigenvalue weighted by molar-refractivity contribution is 1.59. The Labute approximate surface area is 254 Å². The highest BCUT2D eigenvalue weighted by Gasteiger charge is 2.11. The Morgan fingerprint density at radius 3 is 1.74 bits per heavy atom. The smallest absolute Gasteiger partial charge is 0.0433 e. The Balaban J connectivity index is 1.10. The molecule has 9 rings (SSSR count). The van der Waals surface area contributed by atoms with Crippen LogP contribution in [0.2, 0.25) is 0 Å². The molecule has 0 spiro atoms. The van der Waals surface area contributed by atoms with E-state index in [0.717, 1.165) is 0 Å². The van der Waals surface area contributed by atoms with Gasteiger partial charge in [0.15, 0.2) is 0 Å². The summed E-state index contributed by atoms with van der Waals surface area (Å²) < 4.78 is 2.70. The van der Waals surface area contributed by atoms with Crippen molar-refractivity contribution in [1.29, 1.82) is 0 Å². The molecule has 0 N–H and O–H groups in total. The van der Waals surface area contributed by atoms with Gasteiger partial charge < -0.3 is 0 Å². The van der Waals surface area contributed by atoms with Crippen LogP contribution >= 0.6 is 11.3 Å². The summed E-state index contributed by atoms with van der Waals surface area (Å²) in [5.74, 6) is 0. The molecular weight excluding hydrogens is 537 g/mol. The first-order valence-electron chi connectivity index (χ1n) is 14.8. The Bertz CT molecular complexity index is 2500. The first-order valence-corrected chi connectivity index (χ1v) is 15.6. The molecule has 0 aliphatic carbocycles. The van der Waals surface area contributed by atoms with Gasteiger partial charge in [0.25, 0.3) is 0 Å². The van der Waals surface area contributed by atoms with Crippen molar-refractivity contribution in [1.82, 2.24) is 0 Å². The Morgan fingerprint density at radius 2 is 0.884 bits per heavy atom. The highest BCUT2D eigenvalue weighted by atomic mass is 32.1. The number of fused-ring (bicyclic) bond motifs is 8. The standard InChI is InChI=1S/C42H26S/c1-2-10-34-28(7-1)21-24-37-36(34)23-22-30-19-20-33(26-40(30)37)32-9-5-8-31(25-32)27-15-17-29(18-16-27)35-12-6-13-39-38-11-3-4-14-41(38)43-42(35)39/h1-26H. The molecule has 0 bridgehead atoms. The quantitative estimate of drug-likeness (QED) is 0.188. The fraction of sp³-hybridized carbons (Fsp3) is 0. The lowest BCUT2D eigenvalue weighted by Gasteiger charge is -2.11. The average Bonchev–Trinajstić information content (AvgIpc) is 3.47. The molecule has 0 aliphatic heterocycles. The highest BCUT2D eigenvalue weighted by molar-refractivity contribution is 7.26. The third-order valence-corrected chi connectivity index (χ3v) is 10.1. The van der Waals surface area contributed by atoms with E-state index < -0.39 is 0 Å². The van der Waals surface area contributed by atoms with E-state index in [-0.39, 0.29) is 0 Å². The first kappa shape index (κ1) is 24.4. The summed E-state index contributed by atoms with van der Waals surface area (Å²) in [6, 6.07) is 58.0. The molecule has 9 aromatic rings. The second-order valence-electron chi connectivity index (χ2n) is 11.3. The molecular formula is C42H26S. The van der Waals surface area contributed by atoms with Crippen LogP contribution in [0.15, 0.2) is 158 Å². The van der Waals surface area contributed by atoms with Gasteiger partial charge in [-0.1, -0.05) is 140 Å². The van der Waals surface area contributed by atoms with Crippen molar-refractivity contribution < 1.29 is 0 Å². The number of hydrogen-bond donors (Lipinski definition) is 0. The van der Waals surface area contributed by atoms with Crippen molar-refractivity contribution >= 4 is 63.8 Å². The minimum atomic E-state index is 1.23. The molecule has 0 saturated carbocycles. The zero-order valence-electron chi connectivity index (χ0n) is 23.4. The predicted molar refractivity (Wildman–Crippen MR) is 188 cm³/mol. The van der Waals surface area contributed by atoms with Crippen LogP contribution in [0.5, 0.6) is 0 Å². The molecule has 8 aromatic carbocycles.